The van der Waals surface area contributed by atoms with Gasteiger partial charge in [-0.05, 0) is 74.4 Å². The van der Waals surface area contributed by atoms with E-state index in [0.29, 0.717) is 5.92 Å². The monoisotopic (exact) mass is 326 g/mol. The van der Waals surface area contributed by atoms with Crippen molar-refractivity contribution in [3.05, 3.63) is 29.3 Å². The molecule has 1 N–H and O–H groups in total. The second kappa shape index (κ2) is 6.71. The summed E-state index contributed by atoms with van der Waals surface area (Å²) in [6.45, 7) is 5.70. The average molecular weight is 326 g/mol. The summed E-state index contributed by atoms with van der Waals surface area (Å²) in [6.07, 6.45) is -0.339. The molecule has 0 spiro atoms. The van der Waals surface area contributed by atoms with Gasteiger partial charge in [0.2, 0.25) is 0 Å². The van der Waals surface area contributed by atoms with Crippen LogP contribution in [0.2, 0.25) is 0 Å². The van der Waals surface area contributed by atoms with E-state index < -0.39 is 11.7 Å². The fourth-order valence-electron chi connectivity index (χ4n) is 3.64. The maximum Gasteiger partial charge on any atom is 0.416 e. The van der Waals surface area contributed by atoms with E-state index in [4.69, 9.17) is 0 Å². The van der Waals surface area contributed by atoms with Gasteiger partial charge in [-0.15, -0.1) is 0 Å². The molecule has 0 aromatic heterocycles. The zero-order chi connectivity index (χ0) is 16.4. The highest BCUT2D eigenvalue weighted by molar-refractivity contribution is 5.53. The number of nitrogens with zero attached hydrogens (tertiary/aromatic N) is 1. The van der Waals surface area contributed by atoms with Crippen molar-refractivity contribution in [1.29, 1.82) is 0 Å². The van der Waals surface area contributed by atoms with Gasteiger partial charge in [-0.25, -0.2) is 0 Å². The number of anilines is 1. The second-order valence-corrected chi connectivity index (χ2v) is 7.00. The molecule has 5 heteroatoms. The lowest BCUT2D eigenvalue weighted by Crippen LogP contribution is -2.33. The first-order valence-corrected chi connectivity index (χ1v) is 8.61. The predicted molar refractivity (Wildman–Crippen MR) is 86.9 cm³/mol. The van der Waals surface area contributed by atoms with E-state index in [1.54, 1.807) is 0 Å². The highest BCUT2D eigenvalue weighted by Gasteiger charge is 2.33. The highest BCUT2D eigenvalue weighted by Crippen LogP contribution is 2.37. The molecule has 2 aliphatic heterocycles. The summed E-state index contributed by atoms with van der Waals surface area (Å²) >= 11 is 0. The van der Waals surface area contributed by atoms with Crippen molar-refractivity contribution in [3.8, 4) is 0 Å². The van der Waals surface area contributed by atoms with Gasteiger partial charge in [0, 0.05) is 18.8 Å². The molecule has 128 valence electrons. The van der Waals surface area contributed by atoms with Gasteiger partial charge in [0.05, 0.1) is 5.56 Å². The Morgan fingerprint density at radius 2 is 1.65 bits per heavy atom. The first-order chi connectivity index (χ1) is 10.9. The van der Waals surface area contributed by atoms with E-state index in [1.807, 2.05) is 6.07 Å². The molecule has 2 aliphatic rings. The zero-order valence-corrected chi connectivity index (χ0v) is 13.6. The third-order valence-electron chi connectivity index (χ3n) is 5.23. The Balaban J connectivity index is 1.91. The summed E-state index contributed by atoms with van der Waals surface area (Å²) in [6, 6.07) is 4.70. The Hall–Kier alpha value is -1.23. The SMILES string of the molecule is CC1CCN(c2cc(C3CCNCC3)cc(C(F)(F)F)c2)CC1. The van der Waals surface area contributed by atoms with E-state index in [-0.39, 0.29) is 5.92 Å². The van der Waals surface area contributed by atoms with Crippen LogP contribution in [0.5, 0.6) is 0 Å². The Morgan fingerprint density at radius 1 is 1.00 bits per heavy atom. The topological polar surface area (TPSA) is 15.3 Å². The van der Waals surface area contributed by atoms with Crippen LogP contribution in [-0.2, 0) is 6.18 Å². The highest BCUT2D eigenvalue weighted by atomic mass is 19.4. The van der Waals surface area contributed by atoms with Crippen LogP contribution in [0, 0.1) is 5.92 Å². The first kappa shape index (κ1) is 16.6. The lowest BCUT2D eigenvalue weighted by atomic mass is 9.88. The number of hydrogen-bond donors (Lipinski definition) is 1. The predicted octanol–water partition coefficient (Wildman–Crippen LogP) is 4.41. The molecule has 0 aliphatic carbocycles. The smallest absolute Gasteiger partial charge is 0.371 e. The van der Waals surface area contributed by atoms with Crippen molar-refractivity contribution in [2.24, 2.45) is 5.92 Å². The average Bonchev–Trinajstić information content (AvgIpc) is 2.55. The molecule has 2 fully saturated rings. The van der Waals surface area contributed by atoms with Gasteiger partial charge < -0.3 is 10.2 Å². The van der Waals surface area contributed by atoms with Crippen molar-refractivity contribution < 1.29 is 13.2 Å². The minimum Gasteiger partial charge on any atom is -0.371 e. The molecule has 0 atom stereocenters. The van der Waals surface area contributed by atoms with Crippen LogP contribution < -0.4 is 10.2 Å². The summed E-state index contributed by atoms with van der Waals surface area (Å²) in [5, 5.41) is 3.28. The summed E-state index contributed by atoms with van der Waals surface area (Å²) in [5.74, 6) is 0.905. The number of alkyl halides is 3. The third-order valence-corrected chi connectivity index (χ3v) is 5.23. The number of hydrogen-bond acceptors (Lipinski definition) is 2. The largest absolute Gasteiger partial charge is 0.416 e. The van der Waals surface area contributed by atoms with Gasteiger partial charge in [0.1, 0.15) is 0 Å². The molecule has 0 radical (unpaired) electrons. The summed E-state index contributed by atoms with van der Waals surface area (Å²) < 4.78 is 39.9. The van der Waals surface area contributed by atoms with Gasteiger partial charge in [-0.3, -0.25) is 0 Å². The molecular formula is C18H25F3N2. The minimum absolute atomic E-state index is 0.237. The summed E-state index contributed by atoms with van der Waals surface area (Å²) in [4.78, 5) is 2.12. The molecule has 2 nitrogen and oxygen atoms in total. The molecule has 0 bridgehead atoms. The molecule has 2 saturated heterocycles. The van der Waals surface area contributed by atoms with Crippen LogP contribution in [-0.4, -0.2) is 26.2 Å². The molecule has 0 saturated carbocycles. The standard InChI is InChI=1S/C18H25F3N2/c1-13-4-8-23(9-5-13)17-11-15(14-2-6-22-7-3-14)10-16(12-17)18(19,20)21/h10-14,22H,2-9H2,1H3. The third kappa shape index (κ3) is 4.00. The van der Waals surface area contributed by atoms with Crippen LogP contribution in [0.1, 0.15) is 49.7 Å². The Kier molecular flexibility index (Phi) is 4.85. The molecular weight excluding hydrogens is 301 g/mol. The Labute approximate surface area is 136 Å². The van der Waals surface area contributed by atoms with Crippen molar-refractivity contribution in [2.45, 2.75) is 44.7 Å². The molecule has 0 unspecified atom stereocenters. The number of halogens is 3. The number of piperidine rings is 2. The lowest BCUT2D eigenvalue weighted by molar-refractivity contribution is -0.137. The fourth-order valence-corrected chi connectivity index (χ4v) is 3.64. The van der Waals surface area contributed by atoms with Crippen LogP contribution in [0.25, 0.3) is 0 Å². The molecule has 2 heterocycles. The molecule has 3 rings (SSSR count). The number of rotatable bonds is 2. The summed E-state index contributed by atoms with van der Waals surface area (Å²) in [7, 11) is 0. The normalized spacial score (nSPS) is 21.7. The van der Waals surface area contributed by atoms with Crippen molar-refractivity contribution in [1.82, 2.24) is 5.32 Å². The quantitative estimate of drug-likeness (QED) is 0.866. The number of benzene rings is 1. The Morgan fingerprint density at radius 3 is 2.26 bits per heavy atom. The van der Waals surface area contributed by atoms with Gasteiger partial charge >= 0.3 is 6.18 Å². The van der Waals surface area contributed by atoms with E-state index in [0.717, 1.165) is 63.1 Å². The maximum absolute atomic E-state index is 13.3. The van der Waals surface area contributed by atoms with E-state index in [2.05, 4.69) is 17.1 Å². The second-order valence-electron chi connectivity index (χ2n) is 7.00. The maximum atomic E-state index is 13.3. The van der Waals surface area contributed by atoms with Crippen molar-refractivity contribution >= 4 is 5.69 Å². The van der Waals surface area contributed by atoms with E-state index in [9.17, 15) is 13.2 Å². The van der Waals surface area contributed by atoms with Gasteiger partial charge in [0.15, 0.2) is 0 Å². The van der Waals surface area contributed by atoms with Crippen LogP contribution in [0.15, 0.2) is 18.2 Å². The van der Waals surface area contributed by atoms with Crippen molar-refractivity contribution in [3.63, 3.8) is 0 Å². The van der Waals surface area contributed by atoms with Crippen LogP contribution >= 0.6 is 0 Å². The Bertz CT molecular complexity index is 528. The van der Waals surface area contributed by atoms with E-state index in [1.165, 1.54) is 12.1 Å². The fraction of sp³-hybridized carbons (Fsp3) is 0.667. The van der Waals surface area contributed by atoms with Gasteiger partial charge in [-0.2, -0.15) is 13.2 Å². The molecule has 23 heavy (non-hydrogen) atoms. The lowest BCUT2D eigenvalue weighted by Gasteiger charge is -2.33. The minimum atomic E-state index is -4.28. The van der Waals surface area contributed by atoms with Gasteiger partial charge in [0.25, 0.3) is 0 Å². The molecule has 0 amide bonds. The molecule has 1 aromatic carbocycles. The molecule has 1 aromatic rings. The van der Waals surface area contributed by atoms with E-state index >= 15 is 0 Å². The zero-order valence-electron chi connectivity index (χ0n) is 13.6. The van der Waals surface area contributed by atoms with Crippen LogP contribution in [0.3, 0.4) is 0 Å². The number of nitrogens with one attached hydrogen (secondary N) is 1. The van der Waals surface area contributed by atoms with Crippen molar-refractivity contribution in [2.75, 3.05) is 31.1 Å². The van der Waals surface area contributed by atoms with Gasteiger partial charge in [-0.1, -0.05) is 6.92 Å². The summed E-state index contributed by atoms with van der Waals surface area (Å²) in [5.41, 5.74) is 1.11. The first-order valence-electron chi connectivity index (χ1n) is 8.61. The van der Waals surface area contributed by atoms with Crippen LogP contribution in [0.4, 0.5) is 18.9 Å².